The van der Waals surface area contributed by atoms with Crippen molar-refractivity contribution in [2.75, 3.05) is 0 Å². The zero-order chi connectivity index (χ0) is 8.23. The second kappa shape index (κ2) is 3.55. The van der Waals surface area contributed by atoms with Gasteiger partial charge >= 0.3 is 0 Å². The lowest BCUT2D eigenvalue weighted by Crippen LogP contribution is -1.83. The van der Waals surface area contributed by atoms with E-state index in [-0.39, 0.29) is 0 Å². The molecule has 0 fully saturated rings. The van der Waals surface area contributed by atoms with Gasteiger partial charge in [-0.15, -0.1) is 11.3 Å². The highest BCUT2D eigenvalue weighted by Crippen LogP contribution is 2.10. The van der Waals surface area contributed by atoms with Gasteiger partial charge in [0, 0.05) is 5.38 Å². The summed E-state index contributed by atoms with van der Waals surface area (Å²) in [6, 6.07) is 13.5. The molecule has 1 heteroatoms. The van der Waals surface area contributed by atoms with Crippen LogP contribution in [-0.2, 0) is 6.42 Å². The van der Waals surface area contributed by atoms with Crippen molar-refractivity contribution in [1.82, 2.24) is 0 Å². The minimum atomic E-state index is 0.949. The summed E-state index contributed by atoms with van der Waals surface area (Å²) in [6.07, 6.45) is 0.949. The molecule has 0 spiro atoms. The first-order valence-corrected chi connectivity index (χ1v) is 4.73. The Morgan fingerprint density at radius 3 is 2.67 bits per heavy atom. The number of rotatable bonds is 2. The topological polar surface area (TPSA) is 0 Å². The highest BCUT2D eigenvalue weighted by Gasteiger charge is 1.95. The highest BCUT2D eigenvalue weighted by molar-refractivity contribution is 7.07. The van der Waals surface area contributed by atoms with Gasteiger partial charge in [-0.3, -0.25) is 0 Å². The first-order chi connectivity index (χ1) is 5.95. The van der Waals surface area contributed by atoms with Crippen molar-refractivity contribution in [1.29, 1.82) is 0 Å². The molecule has 0 aliphatic heterocycles. The van der Waals surface area contributed by atoms with Crippen molar-refractivity contribution in [3.8, 4) is 0 Å². The summed E-state index contributed by atoms with van der Waals surface area (Å²) >= 11 is 1.58. The van der Waals surface area contributed by atoms with E-state index in [1.807, 2.05) is 11.4 Å². The van der Waals surface area contributed by atoms with Gasteiger partial charge in [-0.25, -0.2) is 0 Å². The predicted molar refractivity (Wildman–Crippen MR) is 51.2 cm³/mol. The second-order valence-electron chi connectivity index (χ2n) is 2.62. The third kappa shape index (κ3) is 1.74. The second-order valence-corrected chi connectivity index (χ2v) is 3.30. The van der Waals surface area contributed by atoms with Crippen LogP contribution >= 0.6 is 11.3 Å². The van der Waals surface area contributed by atoms with Crippen molar-refractivity contribution in [3.63, 3.8) is 0 Å². The normalized spacial score (nSPS) is 10.0. The highest BCUT2D eigenvalue weighted by atomic mass is 32.1. The molecule has 0 aliphatic rings. The van der Waals surface area contributed by atoms with Crippen LogP contribution in [0.2, 0.25) is 0 Å². The smallest absolute Gasteiger partial charge is 0.0487 e. The molecule has 0 N–H and O–H groups in total. The van der Waals surface area contributed by atoms with Gasteiger partial charge in [0.05, 0.1) is 0 Å². The Kier molecular flexibility index (Phi) is 2.23. The molecular formula is C11H8S. The quantitative estimate of drug-likeness (QED) is 0.653. The van der Waals surface area contributed by atoms with Gasteiger partial charge in [-0.1, -0.05) is 30.3 Å². The van der Waals surface area contributed by atoms with E-state index in [1.54, 1.807) is 11.3 Å². The van der Waals surface area contributed by atoms with E-state index in [2.05, 4.69) is 35.7 Å². The lowest BCUT2D eigenvalue weighted by atomic mass is 10.1. The molecule has 0 unspecified atom stereocenters. The lowest BCUT2D eigenvalue weighted by Gasteiger charge is -1.95. The van der Waals surface area contributed by atoms with Gasteiger partial charge in [0.15, 0.2) is 0 Å². The van der Waals surface area contributed by atoms with E-state index in [4.69, 9.17) is 0 Å². The molecule has 0 atom stereocenters. The Labute approximate surface area is 76.5 Å². The SMILES string of the molecule is [c]1cs[c]c1Cc1ccccc1. The molecule has 0 aliphatic carbocycles. The van der Waals surface area contributed by atoms with Crippen LogP contribution in [0.1, 0.15) is 11.1 Å². The Morgan fingerprint density at radius 1 is 1.17 bits per heavy atom. The van der Waals surface area contributed by atoms with E-state index in [1.165, 1.54) is 5.56 Å². The summed E-state index contributed by atoms with van der Waals surface area (Å²) in [5.41, 5.74) is 2.48. The average molecular weight is 172 g/mol. The van der Waals surface area contributed by atoms with Crippen LogP contribution in [-0.4, -0.2) is 0 Å². The lowest BCUT2D eigenvalue weighted by molar-refractivity contribution is 1.20. The minimum absolute atomic E-state index is 0.949. The zero-order valence-corrected chi connectivity index (χ0v) is 7.40. The number of hydrogen-bond donors (Lipinski definition) is 0. The summed E-state index contributed by atoms with van der Waals surface area (Å²) in [4.78, 5) is 0. The van der Waals surface area contributed by atoms with Crippen molar-refractivity contribution in [3.05, 3.63) is 58.3 Å². The maximum atomic E-state index is 3.17. The Bertz CT molecular complexity index is 321. The molecule has 12 heavy (non-hydrogen) atoms. The predicted octanol–water partition coefficient (Wildman–Crippen LogP) is 2.94. The van der Waals surface area contributed by atoms with E-state index < -0.39 is 0 Å². The van der Waals surface area contributed by atoms with Gasteiger partial charge in [0.1, 0.15) is 0 Å². The molecule has 1 heterocycles. The van der Waals surface area contributed by atoms with Gasteiger partial charge in [0.25, 0.3) is 0 Å². The summed E-state index contributed by atoms with van der Waals surface area (Å²) in [7, 11) is 0. The molecule has 0 saturated heterocycles. The van der Waals surface area contributed by atoms with Gasteiger partial charge < -0.3 is 0 Å². The monoisotopic (exact) mass is 172 g/mol. The molecule has 0 saturated carbocycles. The van der Waals surface area contributed by atoms with Crippen LogP contribution in [0.25, 0.3) is 0 Å². The summed E-state index contributed by atoms with van der Waals surface area (Å²) in [6.45, 7) is 0. The fourth-order valence-electron chi connectivity index (χ4n) is 1.12. The molecule has 1 aromatic carbocycles. The van der Waals surface area contributed by atoms with Crippen LogP contribution in [0, 0.1) is 11.4 Å². The fraction of sp³-hybridized carbons (Fsp3) is 0.0909. The molecule has 0 bridgehead atoms. The third-order valence-electron chi connectivity index (χ3n) is 1.70. The summed E-state index contributed by atoms with van der Waals surface area (Å²) < 4.78 is 0. The van der Waals surface area contributed by atoms with E-state index in [0.29, 0.717) is 0 Å². The molecule has 2 rings (SSSR count). The zero-order valence-electron chi connectivity index (χ0n) is 6.58. The number of benzene rings is 1. The molecule has 58 valence electrons. The molecule has 2 radical (unpaired) electrons. The van der Waals surface area contributed by atoms with E-state index in [0.717, 1.165) is 12.0 Å². The number of thiophene rings is 1. The van der Waals surface area contributed by atoms with E-state index >= 15 is 0 Å². The Hall–Kier alpha value is -1.08. The van der Waals surface area contributed by atoms with Crippen LogP contribution < -0.4 is 0 Å². The summed E-state index contributed by atoms with van der Waals surface area (Å²) in [5.74, 6) is 0. The van der Waals surface area contributed by atoms with Crippen molar-refractivity contribution in [2.45, 2.75) is 6.42 Å². The van der Waals surface area contributed by atoms with Gasteiger partial charge in [-0.05, 0) is 29.0 Å². The average Bonchev–Trinajstić information content (AvgIpc) is 2.59. The standard InChI is InChI=1S/C11H8S/c1-2-4-10(5-3-1)8-11-6-7-12-9-11/h1-5,7H,8H2. The van der Waals surface area contributed by atoms with Crippen molar-refractivity contribution in [2.24, 2.45) is 0 Å². The molecule has 1 aromatic heterocycles. The molecule has 0 amide bonds. The van der Waals surface area contributed by atoms with Gasteiger partial charge in [0.2, 0.25) is 0 Å². The van der Waals surface area contributed by atoms with Crippen molar-refractivity contribution >= 4 is 11.3 Å². The molecule has 2 aromatic rings. The number of hydrogen-bond acceptors (Lipinski definition) is 1. The summed E-state index contributed by atoms with van der Waals surface area (Å²) in [5, 5.41) is 5.11. The first kappa shape index (κ1) is 7.56. The maximum absolute atomic E-state index is 3.17. The van der Waals surface area contributed by atoms with Crippen LogP contribution in [0.15, 0.2) is 35.7 Å². The van der Waals surface area contributed by atoms with Gasteiger partial charge in [-0.2, -0.15) is 0 Å². The largest absolute Gasteiger partial charge is 0.142 e. The minimum Gasteiger partial charge on any atom is -0.142 e. The third-order valence-corrected chi connectivity index (χ3v) is 2.30. The van der Waals surface area contributed by atoms with Crippen LogP contribution in [0.4, 0.5) is 0 Å². The van der Waals surface area contributed by atoms with Crippen LogP contribution in [0.5, 0.6) is 0 Å². The molecule has 0 nitrogen and oxygen atoms in total. The first-order valence-electron chi connectivity index (χ1n) is 3.85. The van der Waals surface area contributed by atoms with Crippen LogP contribution in [0.3, 0.4) is 0 Å². The Morgan fingerprint density at radius 2 is 2.00 bits per heavy atom. The molecular weight excluding hydrogens is 164 g/mol. The van der Waals surface area contributed by atoms with E-state index in [9.17, 15) is 0 Å². The maximum Gasteiger partial charge on any atom is 0.0487 e. The fourth-order valence-corrected chi connectivity index (χ4v) is 1.65. The van der Waals surface area contributed by atoms with Crippen molar-refractivity contribution < 1.29 is 0 Å². The Balaban J connectivity index is 2.15.